The third-order valence-electron chi connectivity index (χ3n) is 10.8. The van der Waals surface area contributed by atoms with Crippen LogP contribution in [-0.4, -0.2) is 89.4 Å². The molecule has 0 unspecified atom stereocenters. The lowest BCUT2D eigenvalue weighted by Crippen LogP contribution is -2.36. The first-order chi connectivity index (χ1) is 26.2. The number of amides is 2. The number of aromatic amines is 1. The molecule has 2 heterocycles. The first kappa shape index (κ1) is 36.9. The Morgan fingerprint density at radius 3 is 2.50 bits per heavy atom. The summed E-state index contributed by atoms with van der Waals surface area (Å²) in [6, 6.07) is 31.5. The molecule has 1 aromatic heterocycles. The molecule has 280 valence electrons. The number of nitrogens with zero attached hydrogens (tertiary/aromatic N) is 2. The van der Waals surface area contributed by atoms with Crippen LogP contribution in [0.1, 0.15) is 40.4 Å². The number of aromatic hydroxyl groups is 1. The van der Waals surface area contributed by atoms with E-state index in [1.54, 1.807) is 17.0 Å². The number of anilines is 1. The Bertz CT molecular complexity index is 2140. The number of likely N-dealkylation sites (N-methyl/N-ethyl adjacent to an activating group) is 1. The minimum Gasteiger partial charge on any atom is -0.506 e. The number of carbonyl (C=O) groups excluding carboxylic acids is 2. The number of aliphatic hydroxyl groups excluding tert-OH is 1. The highest BCUT2D eigenvalue weighted by atomic mass is 16.6. The highest BCUT2D eigenvalue weighted by Crippen LogP contribution is 2.39. The van der Waals surface area contributed by atoms with Crippen molar-refractivity contribution < 1.29 is 24.5 Å². The van der Waals surface area contributed by atoms with Crippen molar-refractivity contribution >= 4 is 28.6 Å². The highest BCUT2D eigenvalue weighted by Gasteiger charge is 2.42. The Hall–Kier alpha value is -5.49. The Labute approximate surface area is 314 Å². The van der Waals surface area contributed by atoms with Crippen LogP contribution >= 0.6 is 0 Å². The van der Waals surface area contributed by atoms with Gasteiger partial charge in [0.05, 0.1) is 17.3 Å². The summed E-state index contributed by atoms with van der Waals surface area (Å²) in [6.45, 7) is 4.15. The molecule has 11 nitrogen and oxygen atoms in total. The number of pyridine rings is 1. The molecule has 1 saturated carbocycles. The van der Waals surface area contributed by atoms with E-state index in [-0.39, 0.29) is 29.9 Å². The number of H-pyrrole nitrogens is 1. The molecule has 4 atom stereocenters. The summed E-state index contributed by atoms with van der Waals surface area (Å²) in [4.78, 5) is 44.8. The van der Waals surface area contributed by atoms with Crippen molar-refractivity contribution in [2.45, 2.75) is 31.5 Å². The van der Waals surface area contributed by atoms with E-state index in [4.69, 9.17) is 4.74 Å². The fourth-order valence-electron chi connectivity index (χ4n) is 7.98. The zero-order chi connectivity index (χ0) is 37.6. The van der Waals surface area contributed by atoms with Crippen molar-refractivity contribution in [1.82, 2.24) is 20.1 Å². The molecule has 11 heteroatoms. The van der Waals surface area contributed by atoms with Crippen molar-refractivity contribution in [3.63, 3.8) is 0 Å². The van der Waals surface area contributed by atoms with Gasteiger partial charge >= 0.3 is 6.09 Å². The summed E-state index contributed by atoms with van der Waals surface area (Å²) in [5, 5.41) is 27.8. The quantitative estimate of drug-likeness (QED) is 0.0957. The molecule has 1 aliphatic heterocycles. The lowest BCUT2D eigenvalue weighted by molar-refractivity contribution is 0.0778. The smallest absolute Gasteiger partial charge is 0.411 e. The minimum absolute atomic E-state index is 0.0230. The number of rotatable bonds is 13. The molecule has 2 amide bonds. The van der Waals surface area contributed by atoms with E-state index in [2.05, 4.69) is 20.5 Å². The lowest BCUT2D eigenvalue weighted by Gasteiger charge is -2.23. The van der Waals surface area contributed by atoms with Crippen molar-refractivity contribution in [1.29, 1.82) is 0 Å². The number of carbonyl (C=O) groups is 2. The Balaban J connectivity index is 0.826. The molecule has 1 aliphatic carbocycles. The van der Waals surface area contributed by atoms with Crippen LogP contribution in [0.2, 0.25) is 0 Å². The molecule has 5 aromatic rings. The number of ether oxygens (including phenoxy) is 1. The Morgan fingerprint density at radius 2 is 1.70 bits per heavy atom. The van der Waals surface area contributed by atoms with Gasteiger partial charge in [-0.05, 0) is 84.7 Å². The van der Waals surface area contributed by atoms with E-state index < -0.39 is 12.2 Å². The topological polar surface area (TPSA) is 147 Å². The van der Waals surface area contributed by atoms with Crippen LogP contribution < -0.4 is 16.2 Å². The van der Waals surface area contributed by atoms with Gasteiger partial charge in [0.15, 0.2) is 0 Å². The Kier molecular flexibility index (Phi) is 11.4. The molecule has 0 radical (unpaired) electrons. The largest absolute Gasteiger partial charge is 0.506 e. The second-order valence-corrected chi connectivity index (χ2v) is 14.5. The highest BCUT2D eigenvalue weighted by molar-refractivity contribution is 5.94. The number of phenolic OH excluding ortho intramolecular Hbond substituents is 1. The van der Waals surface area contributed by atoms with Gasteiger partial charge in [0.1, 0.15) is 11.9 Å². The molecule has 7 rings (SSSR count). The van der Waals surface area contributed by atoms with Gasteiger partial charge < -0.3 is 35.1 Å². The van der Waals surface area contributed by atoms with Crippen molar-refractivity contribution in [2.75, 3.05) is 51.6 Å². The molecular weight excluding hydrogens is 683 g/mol. The zero-order valence-electron chi connectivity index (χ0n) is 30.4. The van der Waals surface area contributed by atoms with Gasteiger partial charge in [-0.1, -0.05) is 66.7 Å². The van der Waals surface area contributed by atoms with Crippen molar-refractivity contribution in [2.24, 2.45) is 11.8 Å². The van der Waals surface area contributed by atoms with E-state index >= 15 is 0 Å². The van der Waals surface area contributed by atoms with Gasteiger partial charge in [0.25, 0.3) is 5.91 Å². The number of benzene rings is 4. The van der Waals surface area contributed by atoms with Gasteiger partial charge in [0.2, 0.25) is 5.56 Å². The maximum absolute atomic E-state index is 13.4. The predicted octanol–water partition coefficient (Wildman–Crippen LogP) is 5.80. The molecule has 1 saturated heterocycles. The molecule has 5 N–H and O–H groups in total. The monoisotopic (exact) mass is 729 g/mol. The first-order valence-electron chi connectivity index (χ1n) is 18.6. The van der Waals surface area contributed by atoms with Gasteiger partial charge in [0, 0.05) is 62.4 Å². The number of aromatic nitrogens is 1. The number of nitrogens with one attached hydrogen (secondary N) is 3. The van der Waals surface area contributed by atoms with Crippen LogP contribution in [0.15, 0.2) is 108 Å². The first-order valence-corrected chi connectivity index (χ1v) is 18.6. The third kappa shape index (κ3) is 8.65. The molecule has 2 fully saturated rings. The summed E-state index contributed by atoms with van der Waals surface area (Å²) in [5.74, 6) is 0.872. The molecule has 54 heavy (non-hydrogen) atoms. The summed E-state index contributed by atoms with van der Waals surface area (Å²) < 4.78 is 5.89. The van der Waals surface area contributed by atoms with Gasteiger partial charge in [-0.15, -0.1) is 0 Å². The fourth-order valence-corrected chi connectivity index (χ4v) is 7.98. The maximum atomic E-state index is 13.4. The summed E-state index contributed by atoms with van der Waals surface area (Å²) >= 11 is 0. The van der Waals surface area contributed by atoms with Crippen LogP contribution in [0.5, 0.6) is 5.75 Å². The summed E-state index contributed by atoms with van der Waals surface area (Å²) in [5.41, 5.74) is 4.97. The van der Waals surface area contributed by atoms with E-state index in [0.29, 0.717) is 53.4 Å². The average molecular weight is 730 g/mol. The van der Waals surface area contributed by atoms with Crippen molar-refractivity contribution in [3.05, 3.63) is 130 Å². The van der Waals surface area contributed by atoms with Crippen LogP contribution in [0.3, 0.4) is 0 Å². The van der Waals surface area contributed by atoms with E-state index in [1.807, 2.05) is 85.9 Å². The summed E-state index contributed by atoms with van der Waals surface area (Å²) in [6.07, 6.45) is 1.01. The van der Waals surface area contributed by atoms with Gasteiger partial charge in [-0.25, -0.2) is 4.79 Å². The van der Waals surface area contributed by atoms with Crippen LogP contribution in [0, 0.1) is 11.8 Å². The number of hydrogen-bond acceptors (Lipinski definition) is 8. The molecule has 4 aromatic carbocycles. The predicted molar refractivity (Wildman–Crippen MR) is 210 cm³/mol. The second-order valence-electron chi connectivity index (χ2n) is 14.5. The normalized spacial score (nSPS) is 18.7. The average Bonchev–Trinajstić information content (AvgIpc) is 3.74. The van der Waals surface area contributed by atoms with Crippen molar-refractivity contribution in [3.8, 4) is 16.9 Å². The SMILES string of the molecule is CN(CCN1C[C@H]2C[C@H](OC(=O)Nc3ccccc3-c3ccccc3)C[C@H]2C1)C(=O)c1cccc(CCNC[C@H](O)c2ccc(O)c3[nH]c(=O)ccc23)c1. The van der Waals surface area contributed by atoms with Gasteiger partial charge in [-0.3, -0.25) is 14.9 Å². The number of fused-ring (bicyclic) bond motifs is 2. The number of likely N-dealkylation sites (tertiary alicyclic amines) is 1. The van der Waals surface area contributed by atoms with E-state index in [0.717, 1.165) is 54.9 Å². The molecule has 0 spiro atoms. The van der Waals surface area contributed by atoms with Crippen LogP contribution in [-0.2, 0) is 11.2 Å². The summed E-state index contributed by atoms with van der Waals surface area (Å²) in [7, 11) is 1.84. The minimum atomic E-state index is -0.842. The molecular formula is C43H47N5O6. The number of phenols is 1. The lowest BCUT2D eigenvalue weighted by atomic mass is 10.0. The van der Waals surface area contributed by atoms with E-state index in [1.165, 1.54) is 12.1 Å². The van der Waals surface area contributed by atoms with Crippen LogP contribution in [0.25, 0.3) is 22.0 Å². The molecule has 0 bridgehead atoms. The van der Waals surface area contributed by atoms with Crippen LogP contribution in [0.4, 0.5) is 10.5 Å². The number of hydrogen-bond donors (Lipinski definition) is 5. The fraction of sp³-hybridized carbons (Fsp3) is 0.326. The Morgan fingerprint density at radius 1 is 0.944 bits per heavy atom. The number of para-hydroxylation sites is 1. The number of aliphatic hydroxyl groups is 1. The maximum Gasteiger partial charge on any atom is 0.411 e. The standard InChI is InChI=1S/C43H47N5O6/c1-47(42(52)30-11-7-8-28(22-30)18-19-44-25-39(50)35-14-16-38(49)41-36(35)15-17-40(51)46-41)20-21-48-26-31-23-33(24-32(31)27-48)54-43(53)45-37-13-6-5-12-34(37)29-9-3-2-4-10-29/h2-17,22,31-33,39,44,49-50H,18-21,23-27H2,1H3,(H,45,53)(H,46,51)/t31-,32+,33+,39-/m0/s1. The second kappa shape index (κ2) is 16.7. The molecule has 2 aliphatic rings. The third-order valence-corrected chi connectivity index (χ3v) is 10.8. The zero-order valence-corrected chi connectivity index (χ0v) is 30.4. The van der Waals surface area contributed by atoms with E-state index in [9.17, 15) is 24.6 Å². The van der Waals surface area contributed by atoms with Gasteiger partial charge in [-0.2, -0.15) is 0 Å².